The number of imidazole rings is 1. The van der Waals surface area contributed by atoms with Gasteiger partial charge in [0, 0.05) is 11.6 Å². The number of nitrogens with zero attached hydrogens (tertiary/aromatic N) is 2. The third-order valence-electron chi connectivity index (χ3n) is 3.58. The Hall–Kier alpha value is -1.38. The maximum absolute atomic E-state index is 4.67. The molecular formula is C15H23N3. The Labute approximate surface area is 109 Å². The highest BCUT2D eigenvalue weighted by Gasteiger charge is 2.23. The van der Waals surface area contributed by atoms with Crippen LogP contribution in [0.3, 0.4) is 0 Å². The van der Waals surface area contributed by atoms with Crippen LogP contribution in [-0.4, -0.2) is 15.0 Å². The summed E-state index contributed by atoms with van der Waals surface area (Å²) in [4.78, 5) is 12.2. The molecule has 0 atom stereocenters. The smallest absolute Gasteiger partial charge is 0.112 e. The summed E-state index contributed by atoms with van der Waals surface area (Å²) in [6.45, 7) is 6.78. The zero-order valence-electron chi connectivity index (χ0n) is 11.7. The van der Waals surface area contributed by atoms with E-state index in [1.165, 1.54) is 32.1 Å². The van der Waals surface area contributed by atoms with Crippen LogP contribution in [0.1, 0.15) is 58.7 Å². The van der Waals surface area contributed by atoms with Gasteiger partial charge >= 0.3 is 0 Å². The Kier molecular flexibility index (Phi) is 4.00. The van der Waals surface area contributed by atoms with Gasteiger partial charge in [-0.2, -0.15) is 0 Å². The molecule has 3 nitrogen and oxygen atoms in total. The van der Waals surface area contributed by atoms with Gasteiger partial charge in [0.15, 0.2) is 0 Å². The third-order valence-corrected chi connectivity index (χ3v) is 3.58. The van der Waals surface area contributed by atoms with E-state index < -0.39 is 0 Å². The van der Waals surface area contributed by atoms with Crippen molar-refractivity contribution in [2.45, 2.75) is 58.3 Å². The highest BCUT2D eigenvalue weighted by Crippen LogP contribution is 2.28. The minimum absolute atomic E-state index is 0.118. The first-order valence-electron chi connectivity index (χ1n) is 6.93. The predicted octanol–water partition coefficient (Wildman–Crippen LogP) is 4.21. The summed E-state index contributed by atoms with van der Waals surface area (Å²) in [5, 5.41) is 0. The monoisotopic (exact) mass is 245 g/mol. The van der Waals surface area contributed by atoms with Crippen LogP contribution in [0.4, 0.5) is 0 Å². The molecule has 0 unspecified atom stereocenters. The van der Waals surface area contributed by atoms with Crippen molar-refractivity contribution in [1.29, 1.82) is 0 Å². The average molecular weight is 245 g/mol. The second-order valence-corrected chi connectivity index (χ2v) is 5.67. The van der Waals surface area contributed by atoms with Crippen LogP contribution in [0.5, 0.6) is 0 Å². The van der Waals surface area contributed by atoms with Gasteiger partial charge in [-0.1, -0.05) is 46.5 Å². The number of hydrogen-bond acceptors (Lipinski definition) is 2. The molecule has 2 aromatic rings. The van der Waals surface area contributed by atoms with E-state index >= 15 is 0 Å². The summed E-state index contributed by atoms with van der Waals surface area (Å²) < 4.78 is 0. The molecule has 2 aromatic heterocycles. The first-order valence-corrected chi connectivity index (χ1v) is 6.93. The highest BCUT2D eigenvalue weighted by atomic mass is 14.9. The maximum Gasteiger partial charge on any atom is 0.112 e. The van der Waals surface area contributed by atoms with Crippen molar-refractivity contribution in [2.75, 3.05) is 0 Å². The van der Waals surface area contributed by atoms with Crippen molar-refractivity contribution in [2.24, 2.45) is 0 Å². The molecule has 0 amide bonds. The van der Waals surface area contributed by atoms with Crippen LogP contribution >= 0.6 is 0 Å². The van der Waals surface area contributed by atoms with Crippen molar-refractivity contribution >= 4 is 11.0 Å². The fraction of sp³-hybridized carbons (Fsp3) is 0.600. The van der Waals surface area contributed by atoms with E-state index in [1.807, 2.05) is 12.3 Å². The fourth-order valence-corrected chi connectivity index (χ4v) is 2.29. The van der Waals surface area contributed by atoms with Crippen molar-refractivity contribution in [3.63, 3.8) is 0 Å². The standard InChI is InChI=1S/C15H23N3/c1-4-5-6-7-9-15(2,3)14-17-12-8-10-16-11-13(12)18-14/h8,10-11H,4-7,9H2,1-3H3,(H,17,18). The number of nitrogens with one attached hydrogen (secondary N) is 1. The Balaban J connectivity index is 2.08. The van der Waals surface area contributed by atoms with Crippen LogP contribution in [0, 0.1) is 0 Å². The summed E-state index contributed by atoms with van der Waals surface area (Å²) in [5.41, 5.74) is 2.17. The van der Waals surface area contributed by atoms with E-state index in [0.29, 0.717) is 0 Å². The molecule has 2 heterocycles. The molecule has 0 saturated carbocycles. The Morgan fingerprint density at radius 1 is 1.22 bits per heavy atom. The molecule has 0 aliphatic carbocycles. The maximum atomic E-state index is 4.67. The summed E-state index contributed by atoms with van der Waals surface area (Å²) >= 11 is 0. The van der Waals surface area contributed by atoms with E-state index in [9.17, 15) is 0 Å². The molecule has 3 heteroatoms. The molecule has 0 radical (unpaired) electrons. The molecule has 0 aliphatic heterocycles. The first-order chi connectivity index (χ1) is 8.63. The molecule has 0 aliphatic rings. The molecule has 0 aromatic carbocycles. The van der Waals surface area contributed by atoms with Gasteiger partial charge in [0.05, 0.1) is 11.7 Å². The van der Waals surface area contributed by atoms with Crippen LogP contribution < -0.4 is 0 Å². The zero-order valence-corrected chi connectivity index (χ0v) is 11.7. The summed E-state index contributed by atoms with van der Waals surface area (Å²) in [6.07, 6.45) is 10.0. The molecule has 18 heavy (non-hydrogen) atoms. The van der Waals surface area contributed by atoms with E-state index in [4.69, 9.17) is 0 Å². The number of unbranched alkanes of at least 4 members (excludes halogenated alkanes) is 3. The van der Waals surface area contributed by atoms with E-state index in [-0.39, 0.29) is 5.41 Å². The van der Waals surface area contributed by atoms with Crippen LogP contribution in [0.2, 0.25) is 0 Å². The molecular weight excluding hydrogens is 222 g/mol. The summed E-state index contributed by atoms with van der Waals surface area (Å²) in [5.74, 6) is 1.09. The van der Waals surface area contributed by atoms with E-state index in [0.717, 1.165) is 16.9 Å². The van der Waals surface area contributed by atoms with Gasteiger partial charge in [-0.3, -0.25) is 4.98 Å². The summed E-state index contributed by atoms with van der Waals surface area (Å²) in [6, 6.07) is 1.99. The molecule has 2 rings (SSSR count). The molecule has 1 N–H and O–H groups in total. The zero-order chi connectivity index (χ0) is 13.0. The van der Waals surface area contributed by atoms with Crippen LogP contribution in [0.25, 0.3) is 11.0 Å². The highest BCUT2D eigenvalue weighted by molar-refractivity contribution is 5.73. The lowest BCUT2D eigenvalue weighted by Gasteiger charge is -2.21. The molecule has 98 valence electrons. The number of fused-ring (bicyclic) bond motifs is 1. The van der Waals surface area contributed by atoms with E-state index in [1.54, 1.807) is 6.20 Å². The second kappa shape index (κ2) is 5.51. The summed E-state index contributed by atoms with van der Waals surface area (Å²) in [7, 11) is 0. The van der Waals surface area contributed by atoms with Gasteiger partial charge in [-0.15, -0.1) is 0 Å². The number of H-pyrrole nitrogens is 1. The van der Waals surface area contributed by atoms with Gasteiger partial charge in [0.1, 0.15) is 11.3 Å². The Morgan fingerprint density at radius 2 is 2.06 bits per heavy atom. The molecule has 0 saturated heterocycles. The third kappa shape index (κ3) is 2.89. The molecule has 0 bridgehead atoms. The van der Waals surface area contributed by atoms with Gasteiger partial charge in [0.25, 0.3) is 0 Å². The number of aromatic nitrogens is 3. The second-order valence-electron chi connectivity index (χ2n) is 5.67. The topological polar surface area (TPSA) is 41.6 Å². The molecule has 0 fully saturated rings. The lowest BCUT2D eigenvalue weighted by molar-refractivity contribution is 0.427. The van der Waals surface area contributed by atoms with E-state index in [2.05, 4.69) is 35.7 Å². The van der Waals surface area contributed by atoms with Gasteiger partial charge in [-0.05, 0) is 12.5 Å². The average Bonchev–Trinajstić information content (AvgIpc) is 2.79. The van der Waals surface area contributed by atoms with Crippen LogP contribution in [0.15, 0.2) is 18.5 Å². The minimum Gasteiger partial charge on any atom is -0.341 e. The van der Waals surface area contributed by atoms with Crippen molar-refractivity contribution in [3.8, 4) is 0 Å². The van der Waals surface area contributed by atoms with Gasteiger partial charge in [0.2, 0.25) is 0 Å². The number of hydrogen-bond donors (Lipinski definition) is 1. The fourth-order valence-electron chi connectivity index (χ4n) is 2.29. The molecule has 0 spiro atoms. The largest absolute Gasteiger partial charge is 0.341 e. The predicted molar refractivity (Wildman–Crippen MR) is 75.7 cm³/mol. The quantitative estimate of drug-likeness (QED) is 0.775. The normalized spacial score (nSPS) is 12.2. The van der Waals surface area contributed by atoms with Gasteiger partial charge in [-0.25, -0.2) is 4.98 Å². The number of rotatable bonds is 6. The van der Waals surface area contributed by atoms with Crippen molar-refractivity contribution in [3.05, 3.63) is 24.3 Å². The van der Waals surface area contributed by atoms with Gasteiger partial charge < -0.3 is 4.98 Å². The Morgan fingerprint density at radius 3 is 2.78 bits per heavy atom. The number of aromatic amines is 1. The van der Waals surface area contributed by atoms with Crippen molar-refractivity contribution < 1.29 is 0 Å². The minimum atomic E-state index is 0.118. The lowest BCUT2D eigenvalue weighted by Crippen LogP contribution is -2.18. The lowest BCUT2D eigenvalue weighted by atomic mass is 9.86. The van der Waals surface area contributed by atoms with Crippen molar-refractivity contribution in [1.82, 2.24) is 15.0 Å². The Bertz CT molecular complexity index is 466. The SMILES string of the molecule is CCCCCCC(C)(C)c1nc2cnccc2[nH]1. The number of pyridine rings is 1. The van der Waals surface area contributed by atoms with Crippen LogP contribution in [-0.2, 0) is 5.41 Å². The first kappa shape index (κ1) is 13.1.